The van der Waals surface area contributed by atoms with Crippen LogP contribution in [0.15, 0.2) is 85.1 Å². The van der Waals surface area contributed by atoms with Crippen LogP contribution < -0.4 is 19.5 Å². The van der Waals surface area contributed by atoms with Crippen molar-refractivity contribution in [2.75, 3.05) is 18.5 Å². The molecular formula is C29H29N7O4. The second-order valence-corrected chi connectivity index (χ2v) is 8.65. The molecule has 204 valence electrons. The smallest absolute Gasteiger partial charge is 0.276 e. The largest absolute Gasteiger partial charge is 0.490 e. The normalized spacial score (nSPS) is 10.8. The zero-order valence-corrected chi connectivity index (χ0v) is 22.2. The number of carbonyl (C=O) groups excluding carboxylic acids is 1. The molecule has 5 rings (SSSR count). The summed E-state index contributed by atoms with van der Waals surface area (Å²) < 4.78 is 18.8. The summed E-state index contributed by atoms with van der Waals surface area (Å²) in [6.45, 7) is 5.57. The van der Waals surface area contributed by atoms with E-state index in [1.807, 2.05) is 62.4 Å². The third kappa shape index (κ3) is 6.62. The van der Waals surface area contributed by atoms with Crippen LogP contribution in [-0.4, -0.2) is 49.1 Å². The van der Waals surface area contributed by atoms with E-state index in [-0.39, 0.29) is 18.3 Å². The van der Waals surface area contributed by atoms with Crippen molar-refractivity contribution in [3.63, 3.8) is 0 Å². The molecule has 5 aromatic rings. The molecule has 0 aliphatic heterocycles. The molecule has 1 amide bonds. The van der Waals surface area contributed by atoms with E-state index < -0.39 is 0 Å². The first-order chi connectivity index (χ1) is 19.6. The molecule has 40 heavy (non-hydrogen) atoms. The molecule has 2 heterocycles. The van der Waals surface area contributed by atoms with Crippen LogP contribution in [0.5, 0.6) is 17.2 Å². The molecule has 0 fully saturated rings. The minimum absolute atomic E-state index is 0.222. The number of ether oxygens (including phenoxy) is 3. The molecule has 0 saturated carbocycles. The van der Waals surface area contributed by atoms with Crippen molar-refractivity contribution in [1.82, 2.24) is 30.0 Å². The summed E-state index contributed by atoms with van der Waals surface area (Å²) in [6, 6.07) is 24.1. The van der Waals surface area contributed by atoms with E-state index in [0.29, 0.717) is 48.6 Å². The Morgan fingerprint density at radius 3 is 2.40 bits per heavy atom. The first kappa shape index (κ1) is 26.4. The number of carbonyl (C=O) groups is 1. The van der Waals surface area contributed by atoms with Gasteiger partial charge in [-0.3, -0.25) is 4.79 Å². The van der Waals surface area contributed by atoms with Crippen molar-refractivity contribution < 1.29 is 19.0 Å². The maximum atomic E-state index is 12.7. The molecule has 2 aromatic heterocycles. The van der Waals surface area contributed by atoms with Gasteiger partial charge in [0.1, 0.15) is 12.4 Å². The van der Waals surface area contributed by atoms with Crippen LogP contribution in [0.4, 0.5) is 5.69 Å². The van der Waals surface area contributed by atoms with Crippen LogP contribution in [-0.2, 0) is 13.3 Å². The molecule has 0 atom stereocenters. The summed E-state index contributed by atoms with van der Waals surface area (Å²) in [5.74, 6) is 2.27. The van der Waals surface area contributed by atoms with Gasteiger partial charge >= 0.3 is 0 Å². The van der Waals surface area contributed by atoms with Gasteiger partial charge in [0.15, 0.2) is 23.9 Å². The van der Waals surface area contributed by atoms with E-state index in [2.05, 4.69) is 25.8 Å². The highest BCUT2D eigenvalue weighted by Gasteiger charge is 2.12. The van der Waals surface area contributed by atoms with Crippen molar-refractivity contribution in [3.05, 3.63) is 96.3 Å². The molecule has 0 aliphatic carbocycles. The lowest BCUT2D eigenvalue weighted by molar-refractivity contribution is 0.102. The highest BCUT2D eigenvalue weighted by Crippen LogP contribution is 2.29. The van der Waals surface area contributed by atoms with Gasteiger partial charge in [0.2, 0.25) is 5.82 Å². The third-order valence-corrected chi connectivity index (χ3v) is 5.76. The molecule has 0 aliphatic rings. The summed E-state index contributed by atoms with van der Waals surface area (Å²) in [6.07, 6.45) is 1.69. The first-order valence-corrected chi connectivity index (χ1v) is 12.9. The van der Waals surface area contributed by atoms with Crippen LogP contribution in [0, 0.1) is 0 Å². The quantitative estimate of drug-likeness (QED) is 0.243. The molecule has 3 aromatic carbocycles. The van der Waals surface area contributed by atoms with Gasteiger partial charge in [0, 0.05) is 17.4 Å². The molecule has 0 bridgehead atoms. The molecule has 0 unspecified atom stereocenters. The highest BCUT2D eigenvalue weighted by molar-refractivity contribution is 6.02. The number of nitrogens with zero attached hydrogens (tertiary/aromatic N) is 6. The van der Waals surface area contributed by atoms with Crippen LogP contribution in [0.1, 0.15) is 29.9 Å². The standard InChI is InChI=1S/C29H29N7O4/c1-3-38-26-15-10-21(18-27(26)39-4-2)19-40-24-13-11-23(12-14-24)30-29(37)25-16-17-35(32-25)20-36-33-28(31-34-36)22-8-6-5-7-9-22/h5-18H,3-4,19-20H2,1-2H3,(H,30,37). The number of hydrogen-bond acceptors (Lipinski definition) is 8. The van der Waals surface area contributed by atoms with E-state index in [1.54, 1.807) is 41.2 Å². The Balaban J connectivity index is 1.14. The van der Waals surface area contributed by atoms with E-state index in [9.17, 15) is 4.79 Å². The zero-order chi connectivity index (χ0) is 27.7. The van der Waals surface area contributed by atoms with Gasteiger partial charge in [-0.1, -0.05) is 36.4 Å². The second kappa shape index (κ2) is 12.6. The lowest BCUT2D eigenvalue weighted by Gasteiger charge is -2.13. The SMILES string of the molecule is CCOc1ccc(COc2ccc(NC(=O)c3ccn(Cn4nnc(-c5ccccc5)n4)n3)cc2)cc1OCC. The van der Waals surface area contributed by atoms with E-state index in [4.69, 9.17) is 14.2 Å². The Kier molecular flexibility index (Phi) is 8.30. The van der Waals surface area contributed by atoms with Gasteiger partial charge in [0.25, 0.3) is 5.91 Å². The average molecular weight is 540 g/mol. The lowest BCUT2D eigenvalue weighted by atomic mass is 10.2. The monoisotopic (exact) mass is 539 g/mol. The Bertz CT molecular complexity index is 1550. The van der Waals surface area contributed by atoms with Crippen LogP contribution in [0.2, 0.25) is 0 Å². The Hall–Kier alpha value is -5.19. The zero-order valence-electron chi connectivity index (χ0n) is 22.2. The maximum Gasteiger partial charge on any atom is 0.276 e. The molecule has 1 N–H and O–H groups in total. The number of benzene rings is 3. The molecule has 0 radical (unpaired) electrons. The van der Waals surface area contributed by atoms with Gasteiger partial charge in [-0.15, -0.1) is 15.0 Å². The fraction of sp³-hybridized carbons (Fsp3) is 0.207. The number of tetrazole rings is 1. The maximum absolute atomic E-state index is 12.7. The Morgan fingerprint density at radius 2 is 1.62 bits per heavy atom. The minimum atomic E-state index is -0.332. The molecule has 0 spiro atoms. The summed E-state index contributed by atoms with van der Waals surface area (Å²) in [5.41, 5.74) is 2.72. The van der Waals surface area contributed by atoms with Gasteiger partial charge < -0.3 is 19.5 Å². The van der Waals surface area contributed by atoms with Crippen molar-refractivity contribution in [3.8, 4) is 28.6 Å². The van der Waals surface area contributed by atoms with E-state index in [1.165, 1.54) is 4.80 Å². The highest BCUT2D eigenvalue weighted by atomic mass is 16.5. The summed E-state index contributed by atoms with van der Waals surface area (Å²) in [5, 5.41) is 19.7. The van der Waals surface area contributed by atoms with Gasteiger partial charge in [-0.05, 0) is 67.1 Å². The van der Waals surface area contributed by atoms with E-state index >= 15 is 0 Å². The molecule has 11 heteroatoms. The summed E-state index contributed by atoms with van der Waals surface area (Å²) in [4.78, 5) is 14.2. The topological polar surface area (TPSA) is 118 Å². The molecular weight excluding hydrogens is 510 g/mol. The minimum Gasteiger partial charge on any atom is -0.490 e. The van der Waals surface area contributed by atoms with Crippen molar-refractivity contribution in [2.45, 2.75) is 27.1 Å². The third-order valence-electron chi connectivity index (χ3n) is 5.76. The number of amides is 1. The predicted molar refractivity (Wildman–Crippen MR) is 148 cm³/mol. The number of nitrogens with one attached hydrogen (secondary N) is 1. The lowest BCUT2D eigenvalue weighted by Crippen LogP contribution is -2.15. The van der Waals surface area contributed by atoms with Crippen LogP contribution >= 0.6 is 0 Å². The van der Waals surface area contributed by atoms with Crippen LogP contribution in [0.25, 0.3) is 11.4 Å². The number of anilines is 1. The van der Waals surface area contributed by atoms with Gasteiger partial charge in [-0.2, -0.15) is 5.10 Å². The first-order valence-electron chi connectivity index (χ1n) is 12.9. The fourth-order valence-corrected chi connectivity index (χ4v) is 3.88. The van der Waals surface area contributed by atoms with Gasteiger partial charge in [0.05, 0.1) is 13.2 Å². The van der Waals surface area contributed by atoms with Crippen molar-refractivity contribution >= 4 is 11.6 Å². The second-order valence-electron chi connectivity index (χ2n) is 8.65. The summed E-state index contributed by atoms with van der Waals surface area (Å²) >= 11 is 0. The fourth-order valence-electron chi connectivity index (χ4n) is 3.88. The molecule has 11 nitrogen and oxygen atoms in total. The number of aromatic nitrogens is 6. The van der Waals surface area contributed by atoms with Crippen molar-refractivity contribution in [2.24, 2.45) is 0 Å². The molecule has 0 saturated heterocycles. The number of hydrogen-bond donors (Lipinski definition) is 1. The van der Waals surface area contributed by atoms with Crippen molar-refractivity contribution in [1.29, 1.82) is 0 Å². The number of rotatable bonds is 12. The van der Waals surface area contributed by atoms with Crippen LogP contribution in [0.3, 0.4) is 0 Å². The predicted octanol–water partition coefficient (Wildman–Crippen LogP) is 4.67. The average Bonchev–Trinajstić information content (AvgIpc) is 3.65. The Morgan fingerprint density at radius 1 is 0.850 bits per heavy atom. The Labute approximate surface area is 231 Å². The van der Waals surface area contributed by atoms with Gasteiger partial charge in [-0.25, -0.2) is 4.68 Å². The van der Waals surface area contributed by atoms with E-state index in [0.717, 1.165) is 11.1 Å². The summed E-state index contributed by atoms with van der Waals surface area (Å²) in [7, 11) is 0.